The van der Waals surface area contributed by atoms with Gasteiger partial charge in [0.1, 0.15) is 13.1 Å². The van der Waals surface area contributed by atoms with Crippen LogP contribution < -0.4 is 52.6 Å². The van der Waals surface area contributed by atoms with Gasteiger partial charge in [0.2, 0.25) is 11.5 Å². The van der Waals surface area contributed by atoms with E-state index in [0.29, 0.717) is 24.3 Å². The maximum Gasteiger partial charge on any atom is 0.311 e. The second-order valence-electron chi connectivity index (χ2n) is 16.7. The molecule has 0 fully saturated rings. The Labute approximate surface area is 385 Å². The number of rotatable bonds is 33. The Morgan fingerprint density at radius 1 is 0.400 bits per heavy atom. The highest BCUT2D eigenvalue weighted by atomic mass is 79.9. The summed E-state index contributed by atoms with van der Waals surface area (Å²) < 4.78 is 16.4. The van der Waals surface area contributed by atoms with Gasteiger partial charge in [-0.25, -0.2) is 0 Å². The molecule has 0 aliphatic rings. The molecule has 0 aliphatic carbocycles. The molecule has 2 heterocycles. The third-order valence-electron chi connectivity index (χ3n) is 11.7. The number of unbranched alkanes of at least 4 members (excludes halogenated alkanes) is 23. The van der Waals surface area contributed by atoms with Crippen LogP contribution in [0.3, 0.4) is 0 Å². The molecule has 0 amide bonds. The van der Waals surface area contributed by atoms with Crippen LogP contribution in [0, 0.1) is 0 Å². The molecule has 0 saturated heterocycles. The number of hydrogen-bond donors (Lipinski definition) is 0. The summed E-state index contributed by atoms with van der Waals surface area (Å²) >= 11 is 0. The maximum absolute atomic E-state index is 12.8. The van der Waals surface area contributed by atoms with Crippen molar-refractivity contribution < 1.29 is 62.2 Å². The Kier molecular flexibility index (Phi) is 30.0. The van der Waals surface area contributed by atoms with Crippen molar-refractivity contribution in [3.63, 3.8) is 0 Å². The van der Waals surface area contributed by atoms with Crippen molar-refractivity contribution in [2.24, 2.45) is 0 Å². The lowest BCUT2D eigenvalue weighted by atomic mass is 10.1. The molecule has 334 valence electrons. The van der Waals surface area contributed by atoms with E-state index < -0.39 is 0 Å². The largest absolute Gasteiger partial charge is 1.00 e. The van der Waals surface area contributed by atoms with Gasteiger partial charge in [0, 0.05) is 37.8 Å². The summed E-state index contributed by atoms with van der Waals surface area (Å²) in [5, 5.41) is 2.22. The third kappa shape index (κ3) is 20.8. The minimum absolute atomic E-state index is 0. The Morgan fingerprint density at radius 2 is 0.700 bits per heavy atom. The quantitative estimate of drug-likeness (QED) is 0.0210. The fourth-order valence-corrected chi connectivity index (χ4v) is 8.28. The molecule has 0 saturated carbocycles. The van der Waals surface area contributed by atoms with E-state index in [-0.39, 0.29) is 45.9 Å². The summed E-state index contributed by atoms with van der Waals surface area (Å²) in [4.78, 5) is 25.6. The van der Waals surface area contributed by atoms with Gasteiger partial charge in [0.25, 0.3) is 11.0 Å². The van der Waals surface area contributed by atoms with Crippen molar-refractivity contribution in [1.29, 1.82) is 0 Å². The van der Waals surface area contributed by atoms with Crippen LogP contribution in [-0.4, -0.2) is 11.9 Å². The molecule has 0 aliphatic heterocycles. The highest BCUT2D eigenvalue weighted by Gasteiger charge is 2.19. The minimum atomic E-state index is -0.119. The zero-order valence-electron chi connectivity index (χ0n) is 37.4. The minimum Gasteiger partial charge on any atom is -1.00 e. The molecule has 2 aromatic carbocycles. The Bertz CT molecular complexity index is 1610. The van der Waals surface area contributed by atoms with Gasteiger partial charge in [-0.2, -0.15) is 9.13 Å². The molecule has 0 atom stereocenters. The molecule has 2 aromatic heterocycles. The summed E-state index contributed by atoms with van der Waals surface area (Å²) in [6.45, 7) is 6.35. The average Bonchev–Trinajstić information content (AvgIpc) is 3.23. The molecular weight excluding hydrogens is 876 g/mol. The molecule has 6 nitrogen and oxygen atoms in total. The Morgan fingerprint density at radius 3 is 1.05 bits per heavy atom. The van der Waals surface area contributed by atoms with Gasteiger partial charge < -0.3 is 43.4 Å². The first-order chi connectivity index (χ1) is 28.6. The van der Waals surface area contributed by atoms with E-state index >= 15 is 0 Å². The molecular formula is C52H78Br2N2O4. The van der Waals surface area contributed by atoms with Crippen molar-refractivity contribution in [3.8, 4) is 11.5 Å². The van der Waals surface area contributed by atoms with E-state index in [0.717, 1.165) is 73.4 Å². The van der Waals surface area contributed by atoms with Gasteiger partial charge in [0.15, 0.2) is 12.4 Å². The second-order valence-corrected chi connectivity index (χ2v) is 16.7. The van der Waals surface area contributed by atoms with Crippen molar-refractivity contribution >= 4 is 33.7 Å². The molecule has 4 rings (SSSR count). The zero-order chi connectivity index (χ0) is 40.9. The first-order valence-corrected chi connectivity index (χ1v) is 23.8. The number of carbonyl (C=O) groups excluding carboxylic acids is 2. The van der Waals surface area contributed by atoms with Crippen molar-refractivity contribution in [1.82, 2.24) is 0 Å². The second kappa shape index (κ2) is 33.7. The number of para-hydroxylation sites is 2. The van der Waals surface area contributed by atoms with E-state index in [9.17, 15) is 9.59 Å². The first kappa shape index (κ1) is 53.3. The molecule has 0 spiro atoms. The van der Waals surface area contributed by atoms with E-state index in [1.165, 1.54) is 128 Å². The fourth-order valence-electron chi connectivity index (χ4n) is 8.28. The predicted molar refractivity (Wildman–Crippen MR) is 240 cm³/mol. The molecule has 4 aromatic rings. The van der Waals surface area contributed by atoms with Gasteiger partial charge in [-0.05, 0) is 62.1 Å². The van der Waals surface area contributed by atoms with Gasteiger partial charge in [-0.15, -0.1) is 0 Å². The van der Waals surface area contributed by atoms with Crippen LogP contribution >= 0.6 is 0 Å². The normalized spacial score (nSPS) is 11.0. The predicted octanol–water partition coefficient (Wildman–Crippen LogP) is 8.05. The lowest BCUT2D eigenvalue weighted by molar-refractivity contribution is -0.672. The van der Waals surface area contributed by atoms with E-state index in [2.05, 4.69) is 71.8 Å². The Balaban J connectivity index is 0.00000620. The van der Waals surface area contributed by atoms with Crippen molar-refractivity contribution in [3.05, 3.63) is 73.1 Å². The smallest absolute Gasteiger partial charge is 0.311 e. The number of esters is 2. The average molecular weight is 955 g/mol. The summed E-state index contributed by atoms with van der Waals surface area (Å²) in [5.41, 5.74) is 2.04. The number of pyridine rings is 2. The van der Waals surface area contributed by atoms with Crippen LogP contribution in [0.25, 0.3) is 21.8 Å². The monoisotopic (exact) mass is 952 g/mol. The maximum atomic E-state index is 12.8. The van der Waals surface area contributed by atoms with Crippen LogP contribution in [0.15, 0.2) is 73.1 Å². The van der Waals surface area contributed by atoms with Crippen LogP contribution in [0.4, 0.5) is 0 Å². The molecule has 0 radical (unpaired) electrons. The Hall–Kier alpha value is -2.84. The fraction of sp³-hybridized carbons (Fsp3) is 0.615. The lowest BCUT2D eigenvalue weighted by Crippen LogP contribution is -3.00. The van der Waals surface area contributed by atoms with E-state index in [1.54, 1.807) is 0 Å². The highest BCUT2D eigenvalue weighted by Crippen LogP contribution is 2.25. The zero-order valence-corrected chi connectivity index (χ0v) is 40.6. The number of nitrogens with zero attached hydrogens (tertiary/aromatic N) is 2. The summed E-state index contributed by atoms with van der Waals surface area (Å²) in [6, 6.07) is 20.5. The number of benzene rings is 2. The molecule has 60 heavy (non-hydrogen) atoms. The van der Waals surface area contributed by atoms with Gasteiger partial charge in [0.05, 0.1) is 10.8 Å². The number of fused-ring (bicyclic) bond motifs is 2. The summed E-state index contributed by atoms with van der Waals surface area (Å²) in [7, 11) is 0. The molecule has 0 bridgehead atoms. The van der Waals surface area contributed by atoms with Crippen LogP contribution in [-0.2, 0) is 22.7 Å². The number of ether oxygens (including phenoxy) is 2. The highest BCUT2D eigenvalue weighted by molar-refractivity contribution is 5.85. The van der Waals surface area contributed by atoms with Crippen LogP contribution in [0.2, 0.25) is 0 Å². The number of aryl methyl sites for hydroxylation is 2. The van der Waals surface area contributed by atoms with Crippen molar-refractivity contribution in [2.75, 3.05) is 0 Å². The number of hydrogen-bond acceptors (Lipinski definition) is 4. The van der Waals surface area contributed by atoms with Gasteiger partial charge in [-0.1, -0.05) is 154 Å². The number of halogens is 2. The third-order valence-corrected chi connectivity index (χ3v) is 11.7. The van der Waals surface area contributed by atoms with E-state index in [4.69, 9.17) is 9.47 Å². The summed E-state index contributed by atoms with van der Waals surface area (Å²) in [6.07, 6.45) is 37.1. The lowest BCUT2D eigenvalue weighted by Gasteiger charge is -2.08. The molecule has 0 N–H and O–H groups in total. The summed E-state index contributed by atoms with van der Waals surface area (Å²) in [5.74, 6) is 1.13. The molecule has 8 heteroatoms. The van der Waals surface area contributed by atoms with Gasteiger partial charge >= 0.3 is 11.9 Å². The number of carbonyl (C=O) groups is 2. The SMILES string of the molecule is CCCCCCCCCCCC(=O)Oc1cccc2ccc[n+](CCCCCCCCCC[n+]3cccc4cccc(OC(=O)CCCCCCCCCCC)c43)c12.[Br-].[Br-]. The van der Waals surface area contributed by atoms with E-state index in [1.807, 2.05) is 24.3 Å². The van der Waals surface area contributed by atoms with Crippen LogP contribution in [0.5, 0.6) is 11.5 Å². The topological polar surface area (TPSA) is 60.4 Å². The number of aromatic nitrogens is 2. The van der Waals surface area contributed by atoms with Gasteiger partial charge in [-0.3, -0.25) is 9.59 Å². The first-order valence-electron chi connectivity index (χ1n) is 23.8. The molecule has 0 unspecified atom stereocenters. The standard InChI is InChI=1S/C52H78N2O4.2BrH/c1-3-5-7-9-11-13-17-21-25-39-49(55)57-47-37-29-33-45-35-31-43-53(51(45)47)41-27-23-19-15-16-20-24-28-42-54-44-32-36-46-34-30-38-48(52(46)54)58-50(56)40-26-22-18-14-12-10-8-6-4-2;;/h29-38,43-44H,3-28,39-42H2,1-2H3;2*1H/q+2;;/p-2. The van der Waals surface area contributed by atoms with Crippen molar-refractivity contribution in [2.45, 2.75) is 207 Å². The van der Waals surface area contributed by atoms with Crippen LogP contribution in [0.1, 0.15) is 194 Å².